The van der Waals surface area contributed by atoms with Crippen molar-refractivity contribution in [2.24, 2.45) is 0 Å². The Morgan fingerprint density at radius 2 is 1.68 bits per heavy atom. The second-order valence-electron chi connectivity index (χ2n) is 5.65. The predicted molar refractivity (Wildman–Crippen MR) is 101 cm³/mol. The van der Waals surface area contributed by atoms with Gasteiger partial charge in [0.1, 0.15) is 5.82 Å². The molecule has 0 saturated carbocycles. The van der Waals surface area contributed by atoms with Crippen molar-refractivity contribution in [1.82, 2.24) is 9.97 Å². The molecule has 0 saturated heterocycles. The average Bonchev–Trinajstić information content (AvgIpc) is 2.65. The average molecular weight is 358 g/mol. The summed E-state index contributed by atoms with van der Waals surface area (Å²) in [6, 6.07) is 15.5. The molecule has 0 aliphatic rings. The summed E-state index contributed by atoms with van der Waals surface area (Å²) in [7, 11) is 5.20. The molecule has 3 aromatic rings. The molecule has 3 rings (SSSR count). The van der Waals surface area contributed by atoms with Crippen LogP contribution in [-0.2, 0) is 9.47 Å². The van der Waals surface area contributed by atoms with E-state index in [4.69, 9.17) is 26.1 Å². The molecule has 0 aliphatic heterocycles. The zero-order chi connectivity index (χ0) is 17.8. The molecular weight excluding hydrogens is 338 g/mol. The lowest BCUT2D eigenvalue weighted by atomic mass is 10.1. The van der Waals surface area contributed by atoms with Crippen LogP contribution in [0.5, 0.6) is 0 Å². The van der Waals surface area contributed by atoms with Crippen molar-refractivity contribution in [2.75, 3.05) is 32.7 Å². The normalized spacial score (nSPS) is 11.2. The standard InChI is InChI=1S/C19H20ClN3O2/c1-23(12-17(24-2)25-3)19-14-9-5-7-11-16(14)21-18(22-19)13-8-4-6-10-15(13)20/h4-11,17H,12H2,1-3H3. The Morgan fingerprint density at radius 1 is 1.00 bits per heavy atom. The van der Waals surface area contributed by atoms with Crippen LogP contribution < -0.4 is 4.90 Å². The number of aromatic nitrogens is 2. The van der Waals surface area contributed by atoms with E-state index < -0.39 is 0 Å². The first-order chi connectivity index (χ1) is 12.1. The molecule has 0 fully saturated rings. The van der Waals surface area contributed by atoms with Crippen LogP contribution >= 0.6 is 11.6 Å². The fourth-order valence-electron chi connectivity index (χ4n) is 2.67. The van der Waals surface area contributed by atoms with Crippen molar-refractivity contribution in [3.63, 3.8) is 0 Å². The van der Waals surface area contributed by atoms with Gasteiger partial charge in [-0.25, -0.2) is 9.97 Å². The fourth-order valence-corrected chi connectivity index (χ4v) is 2.89. The van der Waals surface area contributed by atoms with Crippen LogP contribution in [0.1, 0.15) is 0 Å². The summed E-state index contributed by atoms with van der Waals surface area (Å²) in [6.45, 7) is 0.538. The van der Waals surface area contributed by atoms with Gasteiger partial charge in [-0.05, 0) is 24.3 Å². The summed E-state index contributed by atoms with van der Waals surface area (Å²) in [5, 5.41) is 1.59. The molecule has 130 valence electrons. The molecule has 5 nitrogen and oxygen atoms in total. The largest absolute Gasteiger partial charge is 0.354 e. The van der Waals surface area contributed by atoms with Gasteiger partial charge in [0, 0.05) is 32.2 Å². The molecule has 0 aliphatic carbocycles. The smallest absolute Gasteiger partial charge is 0.174 e. The van der Waals surface area contributed by atoms with E-state index >= 15 is 0 Å². The monoisotopic (exact) mass is 357 g/mol. The third kappa shape index (κ3) is 3.74. The number of likely N-dealkylation sites (N-methyl/N-ethyl adjacent to an activating group) is 1. The number of ether oxygens (including phenoxy) is 2. The molecule has 1 heterocycles. The number of para-hydroxylation sites is 1. The summed E-state index contributed by atoms with van der Waals surface area (Å²) in [4.78, 5) is 11.5. The minimum Gasteiger partial charge on any atom is -0.354 e. The van der Waals surface area contributed by atoms with Gasteiger partial charge in [-0.2, -0.15) is 0 Å². The van der Waals surface area contributed by atoms with Gasteiger partial charge >= 0.3 is 0 Å². The van der Waals surface area contributed by atoms with Gasteiger partial charge in [0.05, 0.1) is 17.1 Å². The second-order valence-corrected chi connectivity index (χ2v) is 6.06. The first-order valence-electron chi connectivity index (χ1n) is 7.92. The number of fused-ring (bicyclic) bond motifs is 1. The van der Waals surface area contributed by atoms with Crippen molar-refractivity contribution in [2.45, 2.75) is 6.29 Å². The maximum Gasteiger partial charge on any atom is 0.174 e. The topological polar surface area (TPSA) is 47.5 Å². The van der Waals surface area contributed by atoms with Gasteiger partial charge < -0.3 is 14.4 Å². The van der Waals surface area contributed by atoms with Crippen molar-refractivity contribution >= 4 is 28.3 Å². The van der Waals surface area contributed by atoms with Gasteiger partial charge in [-0.15, -0.1) is 0 Å². The number of nitrogens with zero attached hydrogens (tertiary/aromatic N) is 3. The number of methoxy groups -OCH3 is 2. The number of rotatable bonds is 6. The van der Waals surface area contributed by atoms with E-state index in [-0.39, 0.29) is 6.29 Å². The van der Waals surface area contributed by atoms with Crippen molar-refractivity contribution in [3.05, 3.63) is 53.6 Å². The van der Waals surface area contributed by atoms with Crippen LogP contribution in [0, 0.1) is 0 Å². The molecule has 0 bridgehead atoms. The molecule has 0 amide bonds. The van der Waals surface area contributed by atoms with Crippen molar-refractivity contribution in [3.8, 4) is 11.4 Å². The summed E-state index contributed by atoms with van der Waals surface area (Å²) in [5.41, 5.74) is 1.67. The zero-order valence-corrected chi connectivity index (χ0v) is 15.2. The van der Waals surface area contributed by atoms with Gasteiger partial charge in [0.15, 0.2) is 12.1 Å². The Bertz CT molecular complexity index is 868. The number of halogens is 1. The second kappa shape index (κ2) is 7.78. The van der Waals surface area contributed by atoms with Crippen LogP contribution in [0.4, 0.5) is 5.82 Å². The summed E-state index contributed by atoms with van der Waals surface area (Å²) >= 11 is 6.34. The van der Waals surface area contributed by atoms with Gasteiger partial charge in [0.25, 0.3) is 0 Å². The Morgan fingerprint density at radius 3 is 2.40 bits per heavy atom. The third-order valence-electron chi connectivity index (χ3n) is 4.01. The van der Waals surface area contributed by atoms with Crippen molar-refractivity contribution in [1.29, 1.82) is 0 Å². The van der Waals surface area contributed by atoms with Gasteiger partial charge in [0.2, 0.25) is 0 Å². The highest BCUT2D eigenvalue weighted by Crippen LogP contribution is 2.30. The van der Waals surface area contributed by atoms with E-state index in [0.29, 0.717) is 17.4 Å². The summed E-state index contributed by atoms with van der Waals surface area (Å²) in [5.74, 6) is 1.40. The molecule has 0 radical (unpaired) electrons. The first-order valence-corrected chi connectivity index (χ1v) is 8.30. The lowest BCUT2D eigenvalue weighted by molar-refractivity contribution is -0.0944. The molecule has 0 unspecified atom stereocenters. The Labute approximate surface area is 152 Å². The van der Waals surface area contributed by atoms with Crippen LogP contribution in [0.25, 0.3) is 22.3 Å². The SMILES string of the molecule is COC(CN(C)c1nc(-c2ccccc2Cl)nc2ccccc12)OC. The summed E-state index contributed by atoms with van der Waals surface area (Å²) in [6.07, 6.45) is -0.345. The fraction of sp³-hybridized carbons (Fsp3) is 0.263. The maximum atomic E-state index is 6.34. The highest BCUT2D eigenvalue weighted by molar-refractivity contribution is 6.33. The Hall–Kier alpha value is -2.21. The van der Waals surface area contributed by atoms with E-state index in [1.165, 1.54) is 0 Å². The molecular formula is C19H20ClN3O2. The molecule has 6 heteroatoms. The molecule has 0 atom stereocenters. The highest BCUT2D eigenvalue weighted by Gasteiger charge is 2.17. The minimum atomic E-state index is -0.345. The molecule has 25 heavy (non-hydrogen) atoms. The maximum absolute atomic E-state index is 6.34. The lowest BCUT2D eigenvalue weighted by Crippen LogP contribution is -2.32. The van der Waals surface area contributed by atoms with Crippen molar-refractivity contribution < 1.29 is 9.47 Å². The molecule has 1 aromatic heterocycles. The van der Waals surface area contributed by atoms with E-state index in [2.05, 4.69) is 4.98 Å². The minimum absolute atomic E-state index is 0.345. The van der Waals surface area contributed by atoms with E-state index in [0.717, 1.165) is 22.3 Å². The van der Waals surface area contributed by atoms with Crippen LogP contribution in [0.15, 0.2) is 48.5 Å². The Kier molecular flexibility index (Phi) is 5.48. The van der Waals surface area contributed by atoms with Gasteiger partial charge in [-0.1, -0.05) is 35.9 Å². The summed E-state index contributed by atoms with van der Waals surface area (Å²) < 4.78 is 10.6. The first kappa shape index (κ1) is 17.6. The van der Waals surface area contributed by atoms with E-state index in [9.17, 15) is 0 Å². The predicted octanol–water partition coefficient (Wildman–Crippen LogP) is 4.01. The van der Waals surface area contributed by atoms with Crippen LogP contribution in [0.3, 0.4) is 0 Å². The number of hydrogen-bond acceptors (Lipinski definition) is 5. The third-order valence-corrected chi connectivity index (χ3v) is 4.34. The molecule has 0 spiro atoms. The quantitative estimate of drug-likeness (QED) is 0.624. The lowest BCUT2D eigenvalue weighted by Gasteiger charge is -2.24. The zero-order valence-electron chi connectivity index (χ0n) is 14.4. The number of anilines is 1. The van der Waals surface area contributed by atoms with Gasteiger partial charge in [-0.3, -0.25) is 0 Å². The molecule has 2 aromatic carbocycles. The van der Waals surface area contributed by atoms with E-state index in [1.54, 1.807) is 14.2 Å². The highest BCUT2D eigenvalue weighted by atomic mass is 35.5. The number of benzene rings is 2. The molecule has 0 N–H and O–H groups in total. The van der Waals surface area contributed by atoms with Crippen LogP contribution in [-0.4, -0.2) is 44.1 Å². The van der Waals surface area contributed by atoms with E-state index in [1.807, 2.05) is 60.5 Å². The van der Waals surface area contributed by atoms with Crippen LogP contribution in [0.2, 0.25) is 5.02 Å². The Balaban J connectivity index is 2.12. The number of hydrogen-bond donors (Lipinski definition) is 0.